The van der Waals surface area contributed by atoms with E-state index in [2.05, 4.69) is 5.32 Å². The Kier molecular flexibility index (Phi) is 5.45. The van der Waals surface area contributed by atoms with Gasteiger partial charge in [-0.05, 0) is 35.7 Å². The summed E-state index contributed by atoms with van der Waals surface area (Å²) >= 11 is 2.74. The second-order valence-corrected chi connectivity index (χ2v) is 7.63. The summed E-state index contributed by atoms with van der Waals surface area (Å²) in [4.78, 5) is 14.4. The summed E-state index contributed by atoms with van der Waals surface area (Å²) in [6.07, 6.45) is -5.33. The molecule has 0 aliphatic rings. The molecule has 26 heavy (non-hydrogen) atoms. The Morgan fingerprint density at radius 3 is 2.54 bits per heavy atom. The van der Waals surface area contributed by atoms with Gasteiger partial charge in [-0.15, -0.1) is 22.7 Å². The number of alkyl halides is 3. The maximum atomic E-state index is 13.0. The molecule has 0 saturated heterocycles. The van der Waals surface area contributed by atoms with Gasteiger partial charge < -0.3 is 10.4 Å². The summed E-state index contributed by atoms with van der Waals surface area (Å²) in [6.45, 7) is 0.0901. The Labute approximate surface area is 155 Å². The maximum Gasteiger partial charge on any atom is 0.417 e. The van der Waals surface area contributed by atoms with E-state index in [0.29, 0.717) is 4.88 Å². The molecule has 0 fully saturated rings. The summed E-state index contributed by atoms with van der Waals surface area (Å²) in [5.41, 5.74) is -1.37. The van der Waals surface area contributed by atoms with E-state index in [1.807, 2.05) is 17.5 Å². The highest BCUT2D eigenvalue weighted by molar-refractivity contribution is 7.12. The van der Waals surface area contributed by atoms with E-state index < -0.39 is 29.3 Å². The van der Waals surface area contributed by atoms with E-state index in [-0.39, 0.29) is 6.54 Å². The van der Waals surface area contributed by atoms with Crippen molar-refractivity contribution >= 4 is 28.6 Å². The quantitative estimate of drug-likeness (QED) is 0.647. The lowest BCUT2D eigenvalue weighted by atomic mass is 10.1. The molecule has 2 N–H and O–H groups in total. The number of hydrogen-bond acceptors (Lipinski definition) is 4. The predicted octanol–water partition coefficient (Wildman–Crippen LogP) is 4.84. The van der Waals surface area contributed by atoms with Crippen LogP contribution < -0.4 is 5.32 Å². The second kappa shape index (κ2) is 7.61. The Morgan fingerprint density at radius 1 is 1.08 bits per heavy atom. The van der Waals surface area contributed by atoms with Crippen LogP contribution in [0.25, 0.3) is 0 Å². The first kappa shape index (κ1) is 18.6. The molecular weight excluding hydrogens is 383 g/mol. The van der Waals surface area contributed by atoms with Gasteiger partial charge in [-0.1, -0.05) is 18.2 Å². The Bertz CT molecular complexity index is 888. The molecule has 136 valence electrons. The Hall–Kier alpha value is -2.16. The molecule has 0 aliphatic carbocycles. The minimum Gasteiger partial charge on any atom is -0.382 e. The van der Waals surface area contributed by atoms with Crippen molar-refractivity contribution < 1.29 is 23.1 Å². The highest BCUT2D eigenvalue weighted by atomic mass is 32.1. The average molecular weight is 397 g/mol. The fourth-order valence-corrected chi connectivity index (χ4v) is 4.17. The zero-order valence-electron chi connectivity index (χ0n) is 13.3. The van der Waals surface area contributed by atoms with E-state index in [1.165, 1.54) is 34.8 Å². The van der Waals surface area contributed by atoms with Gasteiger partial charge in [0, 0.05) is 14.6 Å². The van der Waals surface area contributed by atoms with Crippen molar-refractivity contribution in [3.63, 3.8) is 0 Å². The number of nitrogens with one attached hydrogen (secondary N) is 1. The first-order valence-corrected chi connectivity index (χ1v) is 9.30. The van der Waals surface area contributed by atoms with E-state index in [0.717, 1.165) is 21.9 Å². The van der Waals surface area contributed by atoms with Crippen molar-refractivity contribution in [2.75, 3.05) is 0 Å². The number of thiophene rings is 2. The van der Waals surface area contributed by atoms with E-state index in [1.54, 1.807) is 12.1 Å². The zero-order chi connectivity index (χ0) is 18.7. The Balaban J connectivity index is 1.68. The number of benzene rings is 1. The highest BCUT2D eigenvalue weighted by Gasteiger charge is 2.34. The number of aliphatic hydroxyl groups is 1. The van der Waals surface area contributed by atoms with Crippen molar-refractivity contribution in [3.05, 3.63) is 79.7 Å². The number of halogens is 3. The van der Waals surface area contributed by atoms with Crippen LogP contribution in [0.15, 0.2) is 53.9 Å². The van der Waals surface area contributed by atoms with E-state index in [4.69, 9.17) is 0 Å². The number of rotatable bonds is 5. The third-order valence-electron chi connectivity index (χ3n) is 3.66. The van der Waals surface area contributed by atoms with Crippen molar-refractivity contribution in [1.82, 2.24) is 5.32 Å². The first-order valence-electron chi connectivity index (χ1n) is 7.61. The normalized spacial score (nSPS) is 12.8. The standard InChI is InChI=1S/C18H14F3NO2S2/c19-18(20,21)13-5-2-1-4-12(13)17(24)22-10-11-7-8-15(26-11)16(23)14-6-3-9-25-14/h1-9,16,23H,10H2,(H,22,24). The third kappa shape index (κ3) is 4.14. The lowest BCUT2D eigenvalue weighted by molar-refractivity contribution is -0.137. The van der Waals surface area contributed by atoms with Crippen LogP contribution in [0.4, 0.5) is 13.2 Å². The lowest BCUT2D eigenvalue weighted by Crippen LogP contribution is -2.25. The van der Waals surface area contributed by atoms with Gasteiger partial charge in [-0.2, -0.15) is 13.2 Å². The molecule has 0 bridgehead atoms. The minimum absolute atomic E-state index is 0.0901. The lowest BCUT2D eigenvalue weighted by Gasteiger charge is -2.12. The minimum atomic E-state index is -4.59. The van der Waals surface area contributed by atoms with Crippen LogP contribution in [0, 0.1) is 0 Å². The second-order valence-electron chi connectivity index (χ2n) is 5.45. The molecule has 0 radical (unpaired) electrons. The SMILES string of the molecule is O=C(NCc1ccc(C(O)c2cccs2)s1)c1ccccc1C(F)(F)F. The summed E-state index contributed by atoms with van der Waals surface area (Å²) in [6, 6.07) is 11.8. The molecule has 3 rings (SSSR count). The molecule has 3 aromatic rings. The molecule has 1 atom stereocenters. The fourth-order valence-electron chi connectivity index (χ4n) is 2.41. The van der Waals surface area contributed by atoms with Crippen molar-refractivity contribution in [2.45, 2.75) is 18.8 Å². The van der Waals surface area contributed by atoms with Gasteiger partial charge in [0.1, 0.15) is 6.10 Å². The van der Waals surface area contributed by atoms with Crippen LogP contribution in [0.3, 0.4) is 0 Å². The smallest absolute Gasteiger partial charge is 0.382 e. The number of aliphatic hydroxyl groups excluding tert-OH is 1. The van der Waals surface area contributed by atoms with E-state index >= 15 is 0 Å². The summed E-state index contributed by atoms with van der Waals surface area (Å²) in [7, 11) is 0. The molecule has 0 saturated carbocycles. The molecule has 1 unspecified atom stereocenters. The van der Waals surface area contributed by atoms with Gasteiger partial charge in [0.05, 0.1) is 17.7 Å². The van der Waals surface area contributed by atoms with E-state index in [9.17, 15) is 23.1 Å². The third-order valence-corrected chi connectivity index (χ3v) is 5.73. The summed E-state index contributed by atoms with van der Waals surface area (Å²) in [5, 5.41) is 14.7. The van der Waals surface area contributed by atoms with Crippen molar-refractivity contribution in [1.29, 1.82) is 0 Å². The van der Waals surface area contributed by atoms with Gasteiger partial charge in [-0.25, -0.2) is 0 Å². The van der Waals surface area contributed by atoms with Crippen molar-refractivity contribution in [3.8, 4) is 0 Å². The first-order chi connectivity index (χ1) is 12.4. The van der Waals surface area contributed by atoms with Gasteiger partial charge in [-0.3, -0.25) is 4.79 Å². The number of amides is 1. The van der Waals surface area contributed by atoms with Crippen LogP contribution in [0.5, 0.6) is 0 Å². The highest BCUT2D eigenvalue weighted by Crippen LogP contribution is 2.32. The maximum absolute atomic E-state index is 13.0. The zero-order valence-corrected chi connectivity index (χ0v) is 14.9. The number of carbonyl (C=O) groups is 1. The number of hydrogen-bond donors (Lipinski definition) is 2. The summed E-state index contributed by atoms with van der Waals surface area (Å²) < 4.78 is 39.0. The Morgan fingerprint density at radius 2 is 1.85 bits per heavy atom. The fraction of sp³-hybridized carbons (Fsp3) is 0.167. The number of carbonyl (C=O) groups excluding carboxylic acids is 1. The van der Waals surface area contributed by atoms with Gasteiger partial charge in [0.25, 0.3) is 5.91 Å². The van der Waals surface area contributed by atoms with Gasteiger partial charge in [0.2, 0.25) is 0 Å². The molecule has 0 spiro atoms. The molecule has 0 aliphatic heterocycles. The van der Waals surface area contributed by atoms with Crippen LogP contribution in [0.1, 0.15) is 36.7 Å². The predicted molar refractivity (Wildman–Crippen MR) is 95.3 cm³/mol. The van der Waals surface area contributed by atoms with Crippen LogP contribution in [-0.4, -0.2) is 11.0 Å². The van der Waals surface area contributed by atoms with Crippen LogP contribution in [0.2, 0.25) is 0 Å². The molecule has 2 aromatic heterocycles. The molecule has 1 aromatic carbocycles. The van der Waals surface area contributed by atoms with Crippen LogP contribution >= 0.6 is 22.7 Å². The summed E-state index contributed by atoms with van der Waals surface area (Å²) in [5.74, 6) is -0.785. The molecule has 2 heterocycles. The molecule has 3 nitrogen and oxygen atoms in total. The molecule has 8 heteroatoms. The van der Waals surface area contributed by atoms with Gasteiger partial charge in [0.15, 0.2) is 0 Å². The van der Waals surface area contributed by atoms with Gasteiger partial charge >= 0.3 is 6.18 Å². The average Bonchev–Trinajstić information content (AvgIpc) is 3.30. The van der Waals surface area contributed by atoms with Crippen LogP contribution in [-0.2, 0) is 12.7 Å². The largest absolute Gasteiger partial charge is 0.417 e. The molecular formula is C18H14F3NO2S2. The topological polar surface area (TPSA) is 49.3 Å². The van der Waals surface area contributed by atoms with Crippen molar-refractivity contribution in [2.24, 2.45) is 0 Å². The monoisotopic (exact) mass is 397 g/mol. The molecule has 1 amide bonds.